The Labute approximate surface area is 140 Å². The van der Waals surface area contributed by atoms with Crippen LogP contribution in [-0.2, 0) is 6.54 Å². The summed E-state index contributed by atoms with van der Waals surface area (Å²) >= 11 is 0. The Morgan fingerprint density at radius 3 is 2.79 bits per heavy atom. The van der Waals surface area contributed by atoms with Gasteiger partial charge in [0, 0.05) is 11.3 Å². The average Bonchev–Trinajstić information content (AvgIpc) is 2.70. The molecule has 1 aliphatic heterocycles. The number of nitrogens with one attached hydrogen (secondary N) is 1. The first-order valence-electron chi connectivity index (χ1n) is 7.79. The summed E-state index contributed by atoms with van der Waals surface area (Å²) in [6, 6.07) is 7.14. The number of methoxy groups -OCH3 is 1. The van der Waals surface area contributed by atoms with Gasteiger partial charge < -0.3 is 19.4 Å². The maximum atomic E-state index is 12.9. The number of para-hydroxylation sites is 1. The quantitative estimate of drug-likeness (QED) is 0.936. The zero-order valence-corrected chi connectivity index (χ0v) is 14.0. The van der Waals surface area contributed by atoms with E-state index in [-0.39, 0.29) is 18.0 Å². The highest BCUT2D eigenvalue weighted by Gasteiger charge is 2.26. The van der Waals surface area contributed by atoms with Crippen LogP contribution in [0.1, 0.15) is 27.2 Å². The largest absolute Gasteiger partial charge is 0.493 e. The molecule has 1 aliphatic rings. The summed E-state index contributed by atoms with van der Waals surface area (Å²) in [5.41, 5.74) is 2.58. The van der Waals surface area contributed by atoms with Crippen LogP contribution in [-0.4, -0.2) is 36.1 Å². The van der Waals surface area contributed by atoms with E-state index in [0.717, 1.165) is 11.3 Å². The number of hydrogen-bond acceptors (Lipinski definition) is 4. The van der Waals surface area contributed by atoms with Gasteiger partial charge in [0.25, 0.3) is 11.5 Å². The summed E-state index contributed by atoms with van der Waals surface area (Å²) < 4.78 is 11.0. The topological polar surface area (TPSA) is 71.6 Å². The fourth-order valence-electron chi connectivity index (χ4n) is 2.94. The number of H-pyrrole nitrogens is 1. The van der Waals surface area contributed by atoms with Crippen molar-refractivity contribution in [1.29, 1.82) is 0 Å². The van der Waals surface area contributed by atoms with Gasteiger partial charge in [0.1, 0.15) is 6.61 Å². The van der Waals surface area contributed by atoms with Crippen LogP contribution in [0.25, 0.3) is 0 Å². The SMILES string of the molecule is COc1cccc2c1OCCN(Cc1c(C)cc(C)[nH]c1=O)C2=O. The van der Waals surface area contributed by atoms with Gasteiger partial charge >= 0.3 is 0 Å². The predicted octanol–water partition coefficient (Wildman–Crippen LogP) is 2.04. The molecule has 0 saturated heterocycles. The molecule has 0 saturated carbocycles. The molecule has 1 N–H and O–H groups in total. The van der Waals surface area contributed by atoms with Crippen LogP contribution in [0.2, 0.25) is 0 Å². The molecule has 1 aromatic heterocycles. The van der Waals surface area contributed by atoms with Gasteiger partial charge in [-0.1, -0.05) is 6.07 Å². The first kappa shape index (κ1) is 16.1. The van der Waals surface area contributed by atoms with E-state index in [1.54, 1.807) is 30.2 Å². The second-order valence-electron chi connectivity index (χ2n) is 5.86. The number of benzene rings is 1. The van der Waals surface area contributed by atoms with Gasteiger partial charge in [0.15, 0.2) is 11.5 Å². The number of ether oxygens (including phenoxy) is 2. The molecule has 0 bridgehead atoms. The molecule has 1 amide bonds. The minimum absolute atomic E-state index is 0.156. The smallest absolute Gasteiger partial charge is 0.258 e. The zero-order valence-electron chi connectivity index (χ0n) is 14.0. The second-order valence-corrected chi connectivity index (χ2v) is 5.86. The number of carbonyl (C=O) groups excluding carboxylic acids is 1. The first-order valence-corrected chi connectivity index (χ1v) is 7.79. The average molecular weight is 328 g/mol. The van der Waals surface area contributed by atoms with Crippen molar-refractivity contribution in [2.75, 3.05) is 20.3 Å². The summed E-state index contributed by atoms with van der Waals surface area (Å²) in [4.78, 5) is 29.5. The standard InChI is InChI=1S/C18H20N2O4/c1-11-9-12(2)19-17(21)14(11)10-20-7-8-24-16-13(18(20)22)5-4-6-15(16)23-3/h4-6,9H,7-8,10H2,1-3H3,(H,19,21). The van der Waals surface area contributed by atoms with Crippen molar-refractivity contribution in [1.82, 2.24) is 9.88 Å². The number of hydrogen-bond donors (Lipinski definition) is 1. The Kier molecular flexibility index (Phi) is 4.29. The Hall–Kier alpha value is -2.76. The van der Waals surface area contributed by atoms with Crippen LogP contribution < -0.4 is 15.0 Å². The number of amides is 1. The monoisotopic (exact) mass is 328 g/mol. The molecule has 0 fully saturated rings. The number of nitrogens with zero attached hydrogens (tertiary/aromatic N) is 1. The molecule has 0 spiro atoms. The van der Waals surface area contributed by atoms with Crippen LogP contribution >= 0.6 is 0 Å². The molecule has 6 nitrogen and oxygen atoms in total. The third-order valence-electron chi connectivity index (χ3n) is 4.17. The van der Waals surface area contributed by atoms with E-state index >= 15 is 0 Å². The lowest BCUT2D eigenvalue weighted by molar-refractivity contribution is 0.0742. The van der Waals surface area contributed by atoms with Crippen molar-refractivity contribution in [3.63, 3.8) is 0 Å². The molecule has 0 unspecified atom stereocenters. The number of aromatic nitrogens is 1. The van der Waals surface area contributed by atoms with E-state index in [2.05, 4.69) is 4.98 Å². The molecular weight excluding hydrogens is 308 g/mol. The zero-order chi connectivity index (χ0) is 17.3. The van der Waals surface area contributed by atoms with Gasteiger partial charge in [0.2, 0.25) is 0 Å². The minimum atomic E-state index is -0.166. The van der Waals surface area contributed by atoms with Crippen molar-refractivity contribution in [2.45, 2.75) is 20.4 Å². The molecule has 24 heavy (non-hydrogen) atoms. The van der Waals surface area contributed by atoms with Crippen molar-refractivity contribution in [2.24, 2.45) is 0 Å². The molecule has 1 aromatic carbocycles. The number of aryl methyl sites for hydroxylation is 2. The van der Waals surface area contributed by atoms with Gasteiger partial charge in [-0.3, -0.25) is 9.59 Å². The molecule has 2 aromatic rings. The molecule has 0 aliphatic carbocycles. The predicted molar refractivity (Wildman–Crippen MR) is 89.8 cm³/mol. The fourth-order valence-corrected chi connectivity index (χ4v) is 2.94. The molecule has 2 heterocycles. The molecule has 6 heteroatoms. The maximum Gasteiger partial charge on any atom is 0.258 e. The number of rotatable bonds is 3. The molecule has 126 valence electrons. The summed E-state index contributed by atoms with van der Waals surface area (Å²) in [7, 11) is 1.54. The van der Waals surface area contributed by atoms with Crippen molar-refractivity contribution >= 4 is 5.91 Å². The van der Waals surface area contributed by atoms with E-state index < -0.39 is 0 Å². The van der Waals surface area contributed by atoms with Crippen LogP contribution in [0.3, 0.4) is 0 Å². The highest BCUT2D eigenvalue weighted by Crippen LogP contribution is 2.33. The first-order chi connectivity index (χ1) is 11.5. The van der Waals surface area contributed by atoms with Crippen LogP contribution in [0.4, 0.5) is 0 Å². The normalized spacial score (nSPS) is 14.0. The fraction of sp³-hybridized carbons (Fsp3) is 0.333. The van der Waals surface area contributed by atoms with E-state index in [1.165, 1.54) is 0 Å². The second kappa shape index (κ2) is 6.39. The van der Waals surface area contributed by atoms with Crippen LogP contribution in [0, 0.1) is 13.8 Å². The van der Waals surface area contributed by atoms with Crippen molar-refractivity contribution < 1.29 is 14.3 Å². The summed E-state index contributed by atoms with van der Waals surface area (Å²) in [6.07, 6.45) is 0. The Morgan fingerprint density at radius 2 is 2.08 bits per heavy atom. The number of carbonyl (C=O) groups is 1. The highest BCUT2D eigenvalue weighted by molar-refractivity contribution is 5.98. The van der Waals surface area contributed by atoms with Gasteiger partial charge in [0.05, 0.1) is 25.8 Å². The van der Waals surface area contributed by atoms with Gasteiger partial charge in [-0.2, -0.15) is 0 Å². The number of fused-ring (bicyclic) bond motifs is 1. The molecular formula is C18H20N2O4. The van der Waals surface area contributed by atoms with Crippen LogP contribution in [0.15, 0.2) is 29.1 Å². The third kappa shape index (κ3) is 2.87. The lowest BCUT2D eigenvalue weighted by Crippen LogP contribution is -2.34. The van der Waals surface area contributed by atoms with E-state index in [1.807, 2.05) is 19.9 Å². The van der Waals surface area contributed by atoms with Crippen molar-refractivity contribution in [3.05, 3.63) is 57.0 Å². The number of pyridine rings is 1. The van der Waals surface area contributed by atoms with E-state index in [9.17, 15) is 9.59 Å². The summed E-state index contributed by atoms with van der Waals surface area (Å²) in [6.45, 7) is 4.73. The minimum Gasteiger partial charge on any atom is -0.493 e. The summed E-state index contributed by atoms with van der Waals surface area (Å²) in [5, 5.41) is 0. The Morgan fingerprint density at radius 1 is 1.29 bits per heavy atom. The lowest BCUT2D eigenvalue weighted by atomic mass is 10.1. The van der Waals surface area contributed by atoms with Gasteiger partial charge in [-0.25, -0.2) is 0 Å². The van der Waals surface area contributed by atoms with Gasteiger partial charge in [-0.15, -0.1) is 0 Å². The van der Waals surface area contributed by atoms with E-state index in [4.69, 9.17) is 9.47 Å². The molecule has 0 atom stereocenters. The Balaban J connectivity index is 1.96. The van der Waals surface area contributed by atoms with Gasteiger partial charge in [-0.05, 0) is 37.6 Å². The molecule has 0 radical (unpaired) electrons. The number of aromatic amines is 1. The van der Waals surface area contributed by atoms with Crippen molar-refractivity contribution in [3.8, 4) is 11.5 Å². The maximum absolute atomic E-state index is 12.9. The van der Waals surface area contributed by atoms with Crippen LogP contribution in [0.5, 0.6) is 11.5 Å². The van der Waals surface area contributed by atoms with E-state index in [0.29, 0.717) is 35.8 Å². The molecule has 3 rings (SSSR count). The highest BCUT2D eigenvalue weighted by atomic mass is 16.5. The Bertz CT molecular complexity index is 841. The third-order valence-corrected chi connectivity index (χ3v) is 4.17. The lowest BCUT2D eigenvalue weighted by Gasteiger charge is -2.20. The summed E-state index contributed by atoms with van der Waals surface area (Å²) in [5.74, 6) is 0.829.